The summed E-state index contributed by atoms with van der Waals surface area (Å²) in [6.07, 6.45) is -4.50. The van der Waals surface area contributed by atoms with Crippen LogP contribution in [0.5, 0.6) is 0 Å². The summed E-state index contributed by atoms with van der Waals surface area (Å²) in [5, 5.41) is 8.41. The van der Waals surface area contributed by atoms with E-state index in [1.54, 1.807) is 6.92 Å². The number of anilines is 1. The van der Waals surface area contributed by atoms with Gasteiger partial charge in [0.2, 0.25) is 5.82 Å². The molecule has 1 aromatic heterocycles. The highest BCUT2D eigenvalue weighted by atomic mass is 79.9. The Bertz CT molecular complexity index is 653. The second-order valence-corrected chi connectivity index (χ2v) is 4.84. The number of nitrogens with zero attached hydrogens (tertiary/aromatic N) is 2. The molecular weight excluding hydrogens is 341 g/mol. The van der Waals surface area contributed by atoms with Crippen LogP contribution in [0, 0.1) is 6.92 Å². The molecule has 0 aliphatic rings. The third-order valence-corrected chi connectivity index (χ3v) is 2.74. The van der Waals surface area contributed by atoms with Gasteiger partial charge in [0, 0.05) is 10.2 Å². The number of amides is 1. The lowest BCUT2D eigenvalue weighted by molar-refractivity contribution is -0.137. The molecule has 5 nitrogen and oxygen atoms in total. The Hall–Kier alpha value is -1.90. The lowest BCUT2D eigenvalue weighted by atomic mass is 10.2. The number of alkyl halides is 3. The molecule has 0 aliphatic heterocycles. The van der Waals surface area contributed by atoms with Gasteiger partial charge in [-0.2, -0.15) is 13.2 Å². The second-order valence-electron chi connectivity index (χ2n) is 3.92. The standard InChI is InChI=1S/C11H8BrF3N4O/c1-5-16-9(19-18-5)10(20)17-8-3-6(11(13,14)15)2-7(12)4-8/h2-4H,1H3,(H,17,20)(H,16,18,19). The smallest absolute Gasteiger partial charge is 0.319 e. The molecule has 2 N–H and O–H groups in total. The van der Waals surface area contributed by atoms with Crippen molar-refractivity contribution < 1.29 is 18.0 Å². The Morgan fingerprint density at radius 1 is 1.35 bits per heavy atom. The van der Waals surface area contributed by atoms with Gasteiger partial charge < -0.3 is 5.32 Å². The topological polar surface area (TPSA) is 70.7 Å². The van der Waals surface area contributed by atoms with Crippen molar-refractivity contribution in [3.8, 4) is 0 Å². The summed E-state index contributed by atoms with van der Waals surface area (Å²) in [7, 11) is 0. The molecule has 0 spiro atoms. The van der Waals surface area contributed by atoms with Crippen LogP contribution in [0.1, 0.15) is 22.0 Å². The van der Waals surface area contributed by atoms with Crippen LogP contribution >= 0.6 is 15.9 Å². The van der Waals surface area contributed by atoms with Gasteiger partial charge in [0.1, 0.15) is 5.82 Å². The summed E-state index contributed by atoms with van der Waals surface area (Å²) < 4.78 is 38.1. The molecule has 2 rings (SSSR count). The summed E-state index contributed by atoms with van der Waals surface area (Å²) in [5.41, 5.74) is -0.868. The largest absolute Gasteiger partial charge is 0.416 e. The van der Waals surface area contributed by atoms with Gasteiger partial charge in [0.05, 0.1) is 5.56 Å². The highest BCUT2D eigenvalue weighted by Gasteiger charge is 2.31. The van der Waals surface area contributed by atoms with E-state index in [9.17, 15) is 18.0 Å². The van der Waals surface area contributed by atoms with Crippen molar-refractivity contribution in [3.63, 3.8) is 0 Å². The van der Waals surface area contributed by atoms with Gasteiger partial charge in [0.15, 0.2) is 0 Å². The highest BCUT2D eigenvalue weighted by molar-refractivity contribution is 9.10. The predicted octanol–water partition coefficient (Wildman–Crippen LogP) is 3.15. The number of hydrogen-bond donors (Lipinski definition) is 2. The van der Waals surface area contributed by atoms with E-state index < -0.39 is 17.6 Å². The monoisotopic (exact) mass is 348 g/mol. The van der Waals surface area contributed by atoms with Crippen LogP contribution in [0.4, 0.5) is 18.9 Å². The fourth-order valence-electron chi connectivity index (χ4n) is 1.46. The second kappa shape index (κ2) is 5.23. The molecule has 1 aromatic carbocycles. The normalized spacial score (nSPS) is 11.4. The number of hydrogen-bond acceptors (Lipinski definition) is 3. The lowest BCUT2D eigenvalue weighted by Crippen LogP contribution is -2.15. The van der Waals surface area contributed by atoms with Gasteiger partial charge in [-0.25, -0.2) is 4.98 Å². The Kier molecular flexibility index (Phi) is 3.80. The lowest BCUT2D eigenvalue weighted by Gasteiger charge is -2.10. The van der Waals surface area contributed by atoms with Crippen LogP contribution in [0.3, 0.4) is 0 Å². The van der Waals surface area contributed by atoms with Crippen LogP contribution in [0.2, 0.25) is 0 Å². The van der Waals surface area contributed by atoms with Gasteiger partial charge in [-0.15, -0.1) is 5.10 Å². The molecule has 9 heteroatoms. The Balaban J connectivity index is 2.25. The maximum atomic E-state index is 12.6. The van der Waals surface area contributed by atoms with Crippen molar-refractivity contribution in [1.29, 1.82) is 0 Å². The minimum atomic E-state index is -4.50. The minimum absolute atomic E-state index is 0.000784. The first-order valence-electron chi connectivity index (χ1n) is 5.34. The molecule has 2 aromatic rings. The van der Waals surface area contributed by atoms with E-state index in [1.165, 1.54) is 6.07 Å². The molecule has 106 valence electrons. The van der Waals surface area contributed by atoms with Crippen LogP contribution < -0.4 is 5.32 Å². The summed E-state index contributed by atoms with van der Waals surface area (Å²) in [4.78, 5) is 15.5. The third-order valence-electron chi connectivity index (χ3n) is 2.28. The van der Waals surface area contributed by atoms with Crippen molar-refractivity contribution in [2.45, 2.75) is 13.1 Å². The van der Waals surface area contributed by atoms with Gasteiger partial charge >= 0.3 is 6.18 Å². The zero-order valence-electron chi connectivity index (χ0n) is 10.0. The van der Waals surface area contributed by atoms with E-state index in [1.807, 2.05) is 0 Å². The van der Waals surface area contributed by atoms with Gasteiger partial charge in [-0.05, 0) is 25.1 Å². The first kappa shape index (κ1) is 14.5. The number of nitrogens with one attached hydrogen (secondary N) is 2. The summed E-state index contributed by atoms with van der Waals surface area (Å²) in [5.74, 6) is -0.406. The van der Waals surface area contributed by atoms with Gasteiger partial charge in [-0.3, -0.25) is 9.89 Å². The number of rotatable bonds is 2. The van der Waals surface area contributed by atoms with Crippen molar-refractivity contribution >= 4 is 27.5 Å². The summed E-state index contributed by atoms with van der Waals surface area (Å²) in [6.45, 7) is 1.60. The summed E-state index contributed by atoms with van der Waals surface area (Å²) in [6, 6.07) is 3.11. The van der Waals surface area contributed by atoms with E-state index in [4.69, 9.17) is 0 Å². The Labute approximate surface area is 119 Å². The molecule has 0 bridgehead atoms. The number of aryl methyl sites for hydroxylation is 1. The van der Waals surface area contributed by atoms with Gasteiger partial charge in [0.25, 0.3) is 5.91 Å². The molecule has 0 saturated carbocycles. The molecule has 0 atom stereocenters. The number of aromatic nitrogens is 3. The molecule has 0 unspecified atom stereocenters. The first-order chi connectivity index (χ1) is 9.25. The maximum Gasteiger partial charge on any atom is 0.416 e. The number of aromatic amines is 1. The minimum Gasteiger partial charge on any atom is -0.319 e. The average Bonchev–Trinajstić information content (AvgIpc) is 2.74. The van der Waals surface area contributed by atoms with E-state index in [-0.39, 0.29) is 16.0 Å². The molecule has 0 fully saturated rings. The van der Waals surface area contributed by atoms with Crippen molar-refractivity contribution in [3.05, 3.63) is 39.9 Å². The number of H-pyrrole nitrogens is 1. The van der Waals surface area contributed by atoms with Crippen molar-refractivity contribution in [2.75, 3.05) is 5.32 Å². The number of halogens is 4. The maximum absolute atomic E-state index is 12.6. The highest BCUT2D eigenvalue weighted by Crippen LogP contribution is 2.33. The van der Waals surface area contributed by atoms with Crippen LogP contribution in [0.15, 0.2) is 22.7 Å². The SMILES string of the molecule is Cc1nc(C(=O)Nc2cc(Br)cc(C(F)(F)F)c2)n[nH]1. The van der Waals surface area contributed by atoms with E-state index in [0.29, 0.717) is 5.82 Å². The zero-order valence-corrected chi connectivity index (χ0v) is 11.6. The third kappa shape index (κ3) is 3.35. The molecule has 0 radical (unpaired) electrons. The van der Waals surface area contributed by atoms with E-state index in [2.05, 4.69) is 36.4 Å². The zero-order chi connectivity index (χ0) is 14.9. The van der Waals surface area contributed by atoms with Gasteiger partial charge in [-0.1, -0.05) is 15.9 Å². The quantitative estimate of drug-likeness (QED) is 0.875. The Morgan fingerprint density at radius 2 is 2.05 bits per heavy atom. The summed E-state index contributed by atoms with van der Waals surface area (Å²) >= 11 is 2.97. The first-order valence-corrected chi connectivity index (χ1v) is 6.13. The molecular formula is C11H8BrF3N4O. The molecule has 1 amide bonds. The van der Waals surface area contributed by atoms with E-state index in [0.717, 1.165) is 12.1 Å². The Morgan fingerprint density at radius 3 is 2.60 bits per heavy atom. The van der Waals surface area contributed by atoms with Crippen molar-refractivity contribution in [1.82, 2.24) is 15.2 Å². The molecule has 0 saturated heterocycles. The number of carbonyl (C=O) groups excluding carboxylic acids is 1. The number of carbonyl (C=O) groups is 1. The number of benzene rings is 1. The molecule has 0 aliphatic carbocycles. The predicted molar refractivity (Wildman–Crippen MR) is 68.2 cm³/mol. The van der Waals surface area contributed by atoms with Crippen LogP contribution in [0.25, 0.3) is 0 Å². The fraction of sp³-hybridized carbons (Fsp3) is 0.182. The van der Waals surface area contributed by atoms with Crippen LogP contribution in [-0.4, -0.2) is 21.1 Å². The molecule has 1 heterocycles. The average molecular weight is 349 g/mol. The molecule has 20 heavy (non-hydrogen) atoms. The van der Waals surface area contributed by atoms with Crippen LogP contribution in [-0.2, 0) is 6.18 Å². The fourth-order valence-corrected chi connectivity index (χ4v) is 1.95. The van der Waals surface area contributed by atoms with Crippen molar-refractivity contribution in [2.24, 2.45) is 0 Å². The van der Waals surface area contributed by atoms with E-state index >= 15 is 0 Å².